The maximum absolute atomic E-state index is 3.89. The fraction of sp³-hybridized carbons (Fsp3) is 0.667. The first-order valence-corrected chi connectivity index (χ1v) is 4.63. The number of aromatic amines is 1. The molecule has 0 atom stereocenters. The molecule has 1 aromatic heterocycles. The minimum atomic E-state index is 1.01. The summed E-state index contributed by atoms with van der Waals surface area (Å²) in [5, 5.41) is 10.2. The molecule has 1 rings (SSSR count). The number of aromatic nitrogens is 2. The lowest BCUT2D eigenvalue weighted by Gasteiger charge is -2.09. The van der Waals surface area contributed by atoms with Gasteiger partial charge in [0.1, 0.15) is 0 Å². The third-order valence-electron chi connectivity index (χ3n) is 1.87. The normalized spacial score (nSPS) is 11.0. The standard InChI is InChI=1S/C9H18N4/c1-13(2)8-7-10-5-3-9-4-6-11-12-9/h4,6,10H,3,5,7-8H2,1-2H3,(H,11,12). The van der Waals surface area contributed by atoms with Gasteiger partial charge in [0.05, 0.1) is 0 Å². The van der Waals surface area contributed by atoms with Crippen LogP contribution in [0.2, 0.25) is 0 Å². The number of likely N-dealkylation sites (N-methyl/N-ethyl adjacent to an activating group) is 1. The molecule has 0 aliphatic heterocycles. The van der Waals surface area contributed by atoms with Gasteiger partial charge < -0.3 is 10.2 Å². The summed E-state index contributed by atoms with van der Waals surface area (Å²) in [6.07, 6.45) is 2.81. The van der Waals surface area contributed by atoms with Crippen molar-refractivity contribution < 1.29 is 0 Å². The Morgan fingerprint density at radius 3 is 2.92 bits per heavy atom. The monoisotopic (exact) mass is 182 g/mol. The molecule has 4 heteroatoms. The Hall–Kier alpha value is -0.870. The molecule has 0 unspecified atom stereocenters. The number of nitrogens with zero attached hydrogens (tertiary/aromatic N) is 2. The van der Waals surface area contributed by atoms with Crippen molar-refractivity contribution in [2.75, 3.05) is 33.7 Å². The van der Waals surface area contributed by atoms with E-state index in [0.717, 1.165) is 26.1 Å². The molecule has 0 aliphatic rings. The summed E-state index contributed by atoms with van der Waals surface area (Å²) < 4.78 is 0. The van der Waals surface area contributed by atoms with Gasteiger partial charge in [-0.15, -0.1) is 0 Å². The molecule has 1 aromatic rings. The molecular weight excluding hydrogens is 164 g/mol. The Morgan fingerprint density at radius 2 is 2.31 bits per heavy atom. The highest BCUT2D eigenvalue weighted by Gasteiger charge is 1.93. The second-order valence-corrected chi connectivity index (χ2v) is 3.39. The van der Waals surface area contributed by atoms with E-state index >= 15 is 0 Å². The van der Waals surface area contributed by atoms with Crippen molar-refractivity contribution in [3.8, 4) is 0 Å². The van der Waals surface area contributed by atoms with Gasteiger partial charge in [-0.2, -0.15) is 5.10 Å². The van der Waals surface area contributed by atoms with E-state index in [1.165, 1.54) is 5.69 Å². The summed E-state index contributed by atoms with van der Waals surface area (Å²) in [4.78, 5) is 2.17. The number of rotatable bonds is 6. The van der Waals surface area contributed by atoms with Gasteiger partial charge in [0.15, 0.2) is 0 Å². The van der Waals surface area contributed by atoms with Crippen LogP contribution in [0.25, 0.3) is 0 Å². The third-order valence-corrected chi connectivity index (χ3v) is 1.87. The lowest BCUT2D eigenvalue weighted by atomic mass is 10.3. The molecule has 0 radical (unpaired) electrons. The van der Waals surface area contributed by atoms with Crippen molar-refractivity contribution in [2.45, 2.75) is 6.42 Å². The van der Waals surface area contributed by atoms with E-state index in [2.05, 4.69) is 34.5 Å². The highest BCUT2D eigenvalue weighted by molar-refractivity contribution is 4.97. The zero-order valence-corrected chi connectivity index (χ0v) is 8.38. The molecule has 0 aromatic carbocycles. The van der Waals surface area contributed by atoms with E-state index in [-0.39, 0.29) is 0 Å². The van der Waals surface area contributed by atoms with Crippen molar-refractivity contribution in [1.82, 2.24) is 20.4 Å². The van der Waals surface area contributed by atoms with E-state index in [1.54, 1.807) is 6.20 Å². The summed E-state index contributed by atoms with van der Waals surface area (Å²) >= 11 is 0. The molecule has 0 bridgehead atoms. The average Bonchev–Trinajstić information content (AvgIpc) is 2.55. The first-order chi connectivity index (χ1) is 6.29. The second-order valence-electron chi connectivity index (χ2n) is 3.39. The Bertz CT molecular complexity index is 205. The number of H-pyrrole nitrogens is 1. The molecule has 13 heavy (non-hydrogen) atoms. The van der Waals surface area contributed by atoms with Crippen molar-refractivity contribution in [3.05, 3.63) is 18.0 Å². The first kappa shape index (κ1) is 10.2. The Labute approximate surface area is 79.3 Å². The fourth-order valence-electron chi connectivity index (χ4n) is 1.07. The average molecular weight is 182 g/mol. The molecule has 0 saturated carbocycles. The summed E-state index contributed by atoms with van der Waals surface area (Å²) in [6, 6.07) is 2.01. The smallest absolute Gasteiger partial charge is 0.0490 e. The third kappa shape index (κ3) is 4.65. The Balaban J connectivity index is 1.96. The Kier molecular flexibility index (Phi) is 4.49. The summed E-state index contributed by atoms with van der Waals surface area (Å²) in [5.74, 6) is 0. The highest BCUT2D eigenvalue weighted by Crippen LogP contribution is 1.90. The van der Waals surface area contributed by atoms with E-state index in [9.17, 15) is 0 Å². The summed E-state index contributed by atoms with van der Waals surface area (Å²) in [7, 11) is 4.16. The van der Waals surface area contributed by atoms with Gasteiger partial charge in [0.2, 0.25) is 0 Å². The van der Waals surface area contributed by atoms with Crippen LogP contribution in [0.15, 0.2) is 12.3 Å². The van der Waals surface area contributed by atoms with Crippen LogP contribution in [0.3, 0.4) is 0 Å². The van der Waals surface area contributed by atoms with Crippen LogP contribution < -0.4 is 5.32 Å². The molecule has 0 saturated heterocycles. The van der Waals surface area contributed by atoms with E-state index in [0.29, 0.717) is 0 Å². The van der Waals surface area contributed by atoms with Crippen LogP contribution in [0.4, 0.5) is 0 Å². The van der Waals surface area contributed by atoms with Crippen molar-refractivity contribution in [1.29, 1.82) is 0 Å². The van der Waals surface area contributed by atoms with E-state index in [4.69, 9.17) is 0 Å². The molecule has 0 spiro atoms. The zero-order valence-electron chi connectivity index (χ0n) is 8.38. The van der Waals surface area contributed by atoms with Gasteiger partial charge in [-0.3, -0.25) is 5.10 Å². The van der Waals surface area contributed by atoms with Gasteiger partial charge >= 0.3 is 0 Å². The van der Waals surface area contributed by atoms with Crippen LogP contribution in [0, 0.1) is 0 Å². The predicted octanol–water partition coefficient (Wildman–Crippen LogP) is 0.103. The second kappa shape index (κ2) is 5.72. The molecule has 2 N–H and O–H groups in total. The van der Waals surface area contributed by atoms with E-state index in [1.807, 2.05) is 6.07 Å². The van der Waals surface area contributed by atoms with Crippen LogP contribution >= 0.6 is 0 Å². The lowest BCUT2D eigenvalue weighted by Crippen LogP contribution is -2.27. The quantitative estimate of drug-likeness (QED) is 0.613. The molecule has 1 heterocycles. The predicted molar refractivity (Wildman–Crippen MR) is 53.7 cm³/mol. The minimum Gasteiger partial charge on any atom is -0.315 e. The number of nitrogens with one attached hydrogen (secondary N) is 2. The largest absolute Gasteiger partial charge is 0.315 e. The van der Waals surface area contributed by atoms with E-state index < -0.39 is 0 Å². The van der Waals surface area contributed by atoms with Crippen LogP contribution in [-0.2, 0) is 6.42 Å². The summed E-state index contributed by atoms with van der Waals surface area (Å²) in [6.45, 7) is 3.14. The summed E-state index contributed by atoms with van der Waals surface area (Å²) in [5.41, 5.74) is 1.19. The molecule has 74 valence electrons. The van der Waals surface area contributed by atoms with Gasteiger partial charge in [-0.1, -0.05) is 0 Å². The molecular formula is C9H18N4. The number of hydrogen-bond acceptors (Lipinski definition) is 3. The van der Waals surface area contributed by atoms with Crippen molar-refractivity contribution in [3.63, 3.8) is 0 Å². The van der Waals surface area contributed by atoms with Crippen molar-refractivity contribution >= 4 is 0 Å². The zero-order chi connectivity index (χ0) is 9.52. The molecule has 0 aliphatic carbocycles. The van der Waals surface area contributed by atoms with Gasteiger partial charge in [-0.25, -0.2) is 0 Å². The topological polar surface area (TPSA) is 44.0 Å². The molecule has 4 nitrogen and oxygen atoms in total. The first-order valence-electron chi connectivity index (χ1n) is 4.63. The number of hydrogen-bond donors (Lipinski definition) is 2. The lowest BCUT2D eigenvalue weighted by molar-refractivity contribution is 0.401. The Morgan fingerprint density at radius 1 is 1.46 bits per heavy atom. The van der Waals surface area contributed by atoms with Crippen LogP contribution in [-0.4, -0.2) is 48.8 Å². The molecule has 0 fully saturated rings. The van der Waals surface area contributed by atoms with Gasteiger partial charge in [-0.05, 0) is 20.2 Å². The highest BCUT2D eigenvalue weighted by atomic mass is 15.1. The minimum absolute atomic E-state index is 1.01. The molecule has 0 amide bonds. The van der Waals surface area contributed by atoms with Gasteiger partial charge in [0, 0.05) is 37.9 Å². The van der Waals surface area contributed by atoms with Crippen LogP contribution in [0.1, 0.15) is 5.69 Å². The SMILES string of the molecule is CN(C)CCNCCc1ccn[nH]1. The van der Waals surface area contributed by atoms with Crippen LogP contribution in [0.5, 0.6) is 0 Å². The fourth-order valence-corrected chi connectivity index (χ4v) is 1.07. The maximum Gasteiger partial charge on any atom is 0.0490 e. The van der Waals surface area contributed by atoms with Crippen molar-refractivity contribution in [2.24, 2.45) is 0 Å². The van der Waals surface area contributed by atoms with Gasteiger partial charge in [0.25, 0.3) is 0 Å². The maximum atomic E-state index is 3.89.